The van der Waals surface area contributed by atoms with Gasteiger partial charge in [0.25, 0.3) is 0 Å². The van der Waals surface area contributed by atoms with Gasteiger partial charge in [-0.1, -0.05) is 11.6 Å². The molecule has 0 aliphatic rings. The van der Waals surface area contributed by atoms with Crippen LogP contribution < -0.4 is 5.32 Å². The second kappa shape index (κ2) is 8.02. The number of carbonyl (C=O) groups is 1. The third kappa shape index (κ3) is 5.49. The van der Waals surface area contributed by atoms with Crippen molar-refractivity contribution in [1.29, 1.82) is 5.26 Å². The molecule has 5 nitrogen and oxygen atoms in total. The molecular weight excluding hydrogens is 288 g/mol. The SMILES string of the molecule is N#Cc1ccc(NC(=O)CSCC(O)CO)cc1Cl. The molecule has 0 radical (unpaired) electrons. The zero-order chi connectivity index (χ0) is 14.3. The Morgan fingerprint density at radius 1 is 1.58 bits per heavy atom. The first kappa shape index (κ1) is 15.8. The van der Waals surface area contributed by atoms with Crippen LogP contribution in [0.2, 0.25) is 5.02 Å². The number of nitriles is 1. The molecule has 0 spiro atoms. The summed E-state index contributed by atoms with van der Waals surface area (Å²) in [5.41, 5.74) is 0.859. The molecule has 0 saturated carbocycles. The molecule has 0 saturated heterocycles. The summed E-state index contributed by atoms with van der Waals surface area (Å²) in [6.45, 7) is -0.320. The summed E-state index contributed by atoms with van der Waals surface area (Å²) in [5, 5.41) is 29.3. The Kier molecular flexibility index (Phi) is 6.67. The second-order valence-corrected chi connectivity index (χ2v) is 5.14. The highest BCUT2D eigenvalue weighted by atomic mass is 35.5. The lowest BCUT2D eigenvalue weighted by atomic mass is 10.2. The van der Waals surface area contributed by atoms with Crippen LogP contribution in [0.3, 0.4) is 0 Å². The number of rotatable bonds is 6. The zero-order valence-corrected chi connectivity index (χ0v) is 11.5. The molecule has 0 aliphatic carbocycles. The number of halogens is 1. The van der Waals surface area contributed by atoms with Gasteiger partial charge in [0, 0.05) is 11.4 Å². The van der Waals surface area contributed by atoms with E-state index in [4.69, 9.17) is 27.1 Å². The largest absolute Gasteiger partial charge is 0.394 e. The number of aliphatic hydroxyl groups excluding tert-OH is 2. The molecule has 19 heavy (non-hydrogen) atoms. The molecule has 1 rings (SSSR count). The van der Waals surface area contributed by atoms with Crippen LogP contribution in [-0.4, -0.2) is 40.3 Å². The average molecular weight is 301 g/mol. The fraction of sp³-hybridized carbons (Fsp3) is 0.333. The minimum Gasteiger partial charge on any atom is -0.394 e. The molecule has 1 aromatic rings. The smallest absolute Gasteiger partial charge is 0.234 e. The van der Waals surface area contributed by atoms with E-state index in [1.54, 1.807) is 6.07 Å². The molecule has 1 atom stereocenters. The van der Waals surface area contributed by atoms with Crippen LogP contribution in [0.5, 0.6) is 0 Å². The van der Waals surface area contributed by atoms with Crippen LogP contribution in [0.4, 0.5) is 5.69 Å². The van der Waals surface area contributed by atoms with Crippen LogP contribution in [0.15, 0.2) is 18.2 Å². The summed E-state index contributed by atoms with van der Waals surface area (Å²) in [4.78, 5) is 11.6. The van der Waals surface area contributed by atoms with Crippen LogP contribution in [-0.2, 0) is 4.79 Å². The highest BCUT2D eigenvalue weighted by Gasteiger charge is 2.07. The van der Waals surface area contributed by atoms with Crippen LogP contribution in [0.1, 0.15) is 5.56 Å². The number of hydrogen-bond donors (Lipinski definition) is 3. The molecular formula is C12H13ClN2O3S. The Hall–Kier alpha value is -1.26. The summed E-state index contributed by atoms with van der Waals surface area (Å²) in [6, 6.07) is 6.56. The van der Waals surface area contributed by atoms with Crippen LogP contribution >= 0.6 is 23.4 Å². The summed E-state index contributed by atoms with van der Waals surface area (Å²) >= 11 is 7.06. The Morgan fingerprint density at radius 2 is 2.32 bits per heavy atom. The van der Waals surface area contributed by atoms with E-state index in [0.717, 1.165) is 0 Å². The lowest BCUT2D eigenvalue weighted by molar-refractivity contribution is -0.113. The maximum absolute atomic E-state index is 11.6. The van der Waals surface area contributed by atoms with Gasteiger partial charge in [0.05, 0.1) is 29.0 Å². The van der Waals surface area contributed by atoms with E-state index in [1.165, 1.54) is 23.9 Å². The number of nitrogens with zero attached hydrogens (tertiary/aromatic N) is 1. The zero-order valence-electron chi connectivity index (χ0n) is 9.97. The highest BCUT2D eigenvalue weighted by Crippen LogP contribution is 2.20. The van der Waals surface area contributed by atoms with E-state index in [9.17, 15) is 4.79 Å². The number of amides is 1. The number of nitrogens with one attached hydrogen (secondary N) is 1. The van der Waals surface area contributed by atoms with Gasteiger partial charge in [-0.15, -0.1) is 11.8 Å². The lowest BCUT2D eigenvalue weighted by Gasteiger charge is -2.08. The first-order valence-corrected chi connectivity index (χ1v) is 6.96. The Balaban J connectivity index is 2.45. The fourth-order valence-electron chi connectivity index (χ4n) is 1.22. The quantitative estimate of drug-likeness (QED) is 0.735. The molecule has 1 aromatic carbocycles. The van der Waals surface area contributed by atoms with Crippen LogP contribution in [0, 0.1) is 11.3 Å². The van der Waals surface area contributed by atoms with E-state index >= 15 is 0 Å². The van der Waals surface area contributed by atoms with Gasteiger partial charge in [-0.05, 0) is 18.2 Å². The number of aliphatic hydroxyl groups is 2. The molecule has 3 N–H and O–H groups in total. The Bertz CT molecular complexity index is 490. The van der Waals surface area contributed by atoms with E-state index in [1.807, 2.05) is 6.07 Å². The third-order valence-corrected chi connectivity index (χ3v) is 3.53. The number of hydrogen-bond acceptors (Lipinski definition) is 5. The van der Waals surface area contributed by atoms with Crippen molar-refractivity contribution in [3.63, 3.8) is 0 Å². The van der Waals surface area contributed by atoms with Gasteiger partial charge in [-0.25, -0.2) is 0 Å². The average Bonchev–Trinajstić information content (AvgIpc) is 2.38. The van der Waals surface area contributed by atoms with Crippen molar-refractivity contribution in [1.82, 2.24) is 0 Å². The number of benzene rings is 1. The number of carbonyl (C=O) groups excluding carboxylic acids is 1. The van der Waals surface area contributed by atoms with Crippen molar-refractivity contribution in [2.75, 3.05) is 23.4 Å². The normalized spacial score (nSPS) is 11.7. The maximum atomic E-state index is 11.6. The molecule has 0 aromatic heterocycles. The van der Waals surface area contributed by atoms with Gasteiger partial charge in [-0.3, -0.25) is 4.79 Å². The van der Waals surface area contributed by atoms with E-state index in [-0.39, 0.29) is 29.0 Å². The van der Waals surface area contributed by atoms with Gasteiger partial charge in [0.2, 0.25) is 5.91 Å². The van der Waals surface area contributed by atoms with Crippen molar-refractivity contribution in [2.45, 2.75) is 6.10 Å². The molecule has 102 valence electrons. The van der Waals surface area contributed by atoms with Crippen molar-refractivity contribution < 1.29 is 15.0 Å². The predicted molar refractivity (Wildman–Crippen MR) is 75.2 cm³/mol. The third-order valence-electron chi connectivity index (χ3n) is 2.13. The molecule has 0 bridgehead atoms. The summed E-state index contributed by atoms with van der Waals surface area (Å²) in [7, 11) is 0. The first-order chi connectivity index (χ1) is 9.06. The molecule has 1 unspecified atom stereocenters. The first-order valence-electron chi connectivity index (χ1n) is 5.43. The number of anilines is 1. The molecule has 1 amide bonds. The van der Waals surface area contributed by atoms with Gasteiger partial charge >= 0.3 is 0 Å². The predicted octanol–water partition coefficient (Wildman–Crippen LogP) is 1.24. The molecule has 0 heterocycles. The molecule has 0 aliphatic heterocycles. The van der Waals surface area contributed by atoms with E-state index in [2.05, 4.69) is 5.32 Å². The van der Waals surface area contributed by atoms with Crippen molar-refractivity contribution >= 4 is 35.0 Å². The summed E-state index contributed by atoms with van der Waals surface area (Å²) in [5.74, 6) is 0.211. The number of thioether (sulfide) groups is 1. The second-order valence-electron chi connectivity index (χ2n) is 3.71. The maximum Gasteiger partial charge on any atom is 0.234 e. The van der Waals surface area contributed by atoms with E-state index in [0.29, 0.717) is 11.3 Å². The van der Waals surface area contributed by atoms with E-state index < -0.39 is 6.10 Å². The minimum absolute atomic E-state index is 0.161. The van der Waals surface area contributed by atoms with Crippen molar-refractivity contribution in [3.8, 4) is 6.07 Å². The monoisotopic (exact) mass is 300 g/mol. The van der Waals surface area contributed by atoms with Gasteiger partial charge in [0.15, 0.2) is 0 Å². The fourth-order valence-corrected chi connectivity index (χ4v) is 2.20. The highest BCUT2D eigenvalue weighted by molar-refractivity contribution is 8.00. The van der Waals surface area contributed by atoms with Gasteiger partial charge in [0.1, 0.15) is 6.07 Å². The molecule has 0 fully saturated rings. The molecule has 7 heteroatoms. The Morgan fingerprint density at radius 3 is 2.89 bits per heavy atom. The summed E-state index contributed by atoms with van der Waals surface area (Å²) in [6.07, 6.45) is -0.817. The summed E-state index contributed by atoms with van der Waals surface area (Å²) < 4.78 is 0. The Labute approximate surface area is 120 Å². The lowest BCUT2D eigenvalue weighted by Crippen LogP contribution is -2.19. The van der Waals surface area contributed by atoms with Gasteiger partial charge < -0.3 is 15.5 Å². The van der Waals surface area contributed by atoms with Crippen molar-refractivity contribution in [2.24, 2.45) is 0 Å². The van der Waals surface area contributed by atoms with Gasteiger partial charge in [-0.2, -0.15) is 5.26 Å². The topological polar surface area (TPSA) is 93.4 Å². The standard InChI is InChI=1S/C12H13ClN2O3S/c13-11-3-9(2-1-8(11)4-14)15-12(18)7-19-6-10(17)5-16/h1-3,10,16-17H,5-7H2,(H,15,18). The van der Waals surface area contributed by atoms with Crippen LogP contribution in [0.25, 0.3) is 0 Å². The minimum atomic E-state index is -0.817. The van der Waals surface area contributed by atoms with Crippen molar-refractivity contribution in [3.05, 3.63) is 28.8 Å².